The van der Waals surface area contributed by atoms with E-state index in [9.17, 15) is 4.79 Å². The van der Waals surface area contributed by atoms with Crippen molar-refractivity contribution >= 4 is 11.5 Å². The molecule has 1 rings (SSSR count). The van der Waals surface area contributed by atoms with E-state index < -0.39 is 0 Å². The molecule has 0 saturated carbocycles. The Morgan fingerprint density at radius 2 is 2.08 bits per heavy atom. The number of ketones is 1. The van der Waals surface area contributed by atoms with Gasteiger partial charge in [0.25, 0.3) is 0 Å². The second-order valence-corrected chi connectivity index (χ2v) is 2.95. The summed E-state index contributed by atoms with van der Waals surface area (Å²) in [5.41, 5.74) is 7.74. The summed E-state index contributed by atoms with van der Waals surface area (Å²) >= 11 is 0. The summed E-state index contributed by atoms with van der Waals surface area (Å²) in [5.74, 6) is 0.648. The normalized spacial score (nSPS) is 9.77. The summed E-state index contributed by atoms with van der Waals surface area (Å²) in [6, 6.07) is 3.37. The second-order valence-electron chi connectivity index (χ2n) is 2.95. The molecule has 0 radical (unpaired) electrons. The Morgan fingerprint density at radius 1 is 1.46 bits per heavy atom. The van der Waals surface area contributed by atoms with Crippen LogP contribution in [0.25, 0.3) is 0 Å². The standard InChI is InChI=1S/C10H13NO2/c1-6-9(11)4-8(7(2)12)5-10(6)13-3/h4-5H,11H2,1-3H3. The largest absolute Gasteiger partial charge is 0.496 e. The Kier molecular flexibility index (Phi) is 2.56. The molecule has 0 heterocycles. The molecule has 2 N–H and O–H groups in total. The molecular weight excluding hydrogens is 166 g/mol. The molecule has 0 aromatic heterocycles. The van der Waals surface area contributed by atoms with Crippen LogP contribution in [0.2, 0.25) is 0 Å². The third kappa shape index (κ3) is 1.80. The van der Waals surface area contributed by atoms with Gasteiger partial charge in [0.2, 0.25) is 0 Å². The molecule has 13 heavy (non-hydrogen) atoms. The fourth-order valence-electron chi connectivity index (χ4n) is 1.12. The minimum atomic E-state index is -0.00926. The number of benzene rings is 1. The topological polar surface area (TPSA) is 52.3 Å². The minimum absolute atomic E-state index is 0.00926. The Balaban J connectivity index is 3.30. The molecular formula is C10H13NO2. The van der Waals surface area contributed by atoms with Crippen LogP contribution in [0.3, 0.4) is 0 Å². The molecule has 0 bridgehead atoms. The average Bonchev–Trinajstić information content (AvgIpc) is 2.09. The highest BCUT2D eigenvalue weighted by Crippen LogP contribution is 2.25. The Morgan fingerprint density at radius 3 is 2.54 bits per heavy atom. The van der Waals surface area contributed by atoms with Gasteiger partial charge in [0, 0.05) is 16.8 Å². The van der Waals surface area contributed by atoms with Crippen molar-refractivity contribution in [2.75, 3.05) is 12.8 Å². The Labute approximate surface area is 77.5 Å². The summed E-state index contributed by atoms with van der Waals surface area (Å²) in [5, 5.41) is 0. The number of anilines is 1. The van der Waals surface area contributed by atoms with E-state index in [2.05, 4.69) is 0 Å². The van der Waals surface area contributed by atoms with E-state index in [4.69, 9.17) is 10.5 Å². The number of carbonyl (C=O) groups is 1. The van der Waals surface area contributed by atoms with Crippen molar-refractivity contribution in [2.45, 2.75) is 13.8 Å². The molecule has 3 heteroatoms. The van der Waals surface area contributed by atoms with Gasteiger partial charge in [0.1, 0.15) is 5.75 Å². The van der Waals surface area contributed by atoms with Crippen LogP contribution in [0.15, 0.2) is 12.1 Å². The molecule has 3 nitrogen and oxygen atoms in total. The zero-order chi connectivity index (χ0) is 10.0. The lowest BCUT2D eigenvalue weighted by Crippen LogP contribution is -1.99. The number of hydrogen-bond acceptors (Lipinski definition) is 3. The predicted octanol–water partition coefficient (Wildman–Crippen LogP) is 1.79. The van der Waals surface area contributed by atoms with E-state index in [1.807, 2.05) is 6.92 Å². The van der Waals surface area contributed by atoms with Gasteiger partial charge < -0.3 is 10.5 Å². The number of nitrogens with two attached hydrogens (primary N) is 1. The van der Waals surface area contributed by atoms with Gasteiger partial charge in [-0.1, -0.05) is 0 Å². The van der Waals surface area contributed by atoms with Crippen LogP contribution < -0.4 is 10.5 Å². The van der Waals surface area contributed by atoms with E-state index in [0.717, 1.165) is 5.56 Å². The SMILES string of the molecule is COc1cc(C(C)=O)cc(N)c1C. The molecule has 0 atom stereocenters. The molecule has 0 amide bonds. The summed E-state index contributed by atoms with van der Waals surface area (Å²) in [4.78, 5) is 11.1. The van der Waals surface area contributed by atoms with Crippen molar-refractivity contribution in [3.63, 3.8) is 0 Å². The summed E-state index contributed by atoms with van der Waals surface area (Å²) in [7, 11) is 1.56. The lowest BCUT2D eigenvalue weighted by atomic mass is 10.1. The number of carbonyl (C=O) groups excluding carboxylic acids is 1. The maximum Gasteiger partial charge on any atom is 0.160 e. The lowest BCUT2D eigenvalue weighted by Gasteiger charge is -2.08. The van der Waals surface area contributed by atoms with Gasteiger partial charge >= 0.3 is 0 Å². The molecule has 0 fully saturated rings. The van der Waals surface area contributed by atoms with Gasteiger partial charge in [-0.2, -0.15) is 0 Å². The maximum absolute atomic E-state index is 11.1. The second kappa shape index (κ2) is 3.47. The molecule has 1 aromatic carbocycles. The molecule has 70 valence electrons. The third-order valence-corrected chi connectivity index (χ3v) is 2.03. The summed E-state index contributed by atoms with van der Waals surface area (Å²) < 4.78 is 5.08. The first kappa shape index (κ1) is 9.58. The molecule has 1 aromatic rings. The smallest absolute Gasteiger partial charge is 0.160 e. The fourth-order valence-corrected chi connectivity index (χ4v) is 1.12. The fraction of sp³-hybridized carbons (Fsp3) is 0.300. The van der Waals surface area contributed by atoms with E-state index in [1.54, 1.807) is 19.2 Å². The summed E-state index contributed by atoms with van der Waals surface area (Å²) in [6.45, 7) is 3.36. The van der Waals surface area contributed by atoms with Crippen LogP contribution in [0, 0.1) is 6.92 Å². The van der Waals surface area contributed by atoms with Crippen molar-refractivity contribution in [1.82, 2.24) is 0 Å². The third-order valence-electron chi connectivity index (χ3n) is 2.03. The quantitative estimate of drug-likeness (QED) is 0.556. The first-order valence-corrected chi connectivity index (χ1v) is 4.01. The molecule has 0 aliphatic heterocycles. The van der Waals surface area contributed by atoms with Crippen LogP contribution in [-0.4, -0.2) is 12.9 Å². The number of methoxy groups -OCH3 is 1. The van der Waals surface area contributed by atoms with Gasteiger partial charge in [-0.15, -0.1) is 0 Å². The highest BCUT2D eigenvalue weighted by Gasteiger charge is 2.07. The monoisotopic (exact) mass is 179 g/mol. The molecule has 0 saturated heterocycles. The van der Waals surface area contributed by atoms with Crippen LogP contribution in [0.4, 0.5) is 5.69 Å². The number of Topliss-reactive ketones (excluding diaryl/α,β-unsaturated/α-hetero) is 1. The zero-order valence-electron chi connectivity index (χ0n) is 8.05. The molecule has 0 aliphatic rings. The number of hydrogen-bond donors (Lipinski definition) is 1. The van der Waals surface area contributed by atoms with Gasteiger partial charge in [-0.25, -0.2) is 0 Å². The van der Waals surface area contributed by atoms with Crippen LogP contribution >= 0.6 is 0 Å². The van der Waals surface area contributed by atoms with Crippen LogP contribution in [-0.2, 0) is 0 Å². The van der Waals surface area contributed by atoms with Gasteiger partial charge in [-0.05, 0) is 26.0 Å². The van der Waals surface area contributed by atoms with Crippen molar-refractivity contribution in [3.8, 4) is 5.75 Å². The highest BCUT2D eigenvalue weighted by atomic mass is 16.5. The number of rotatable bonds is 2. The first-order valence-electron chi connectivity index (χ1n) is 4.01. The van der Waals surface area contributed by atoms with Crippen LogP contribution in [0.5, 0.6) is 5.75 Å². The van der Waals surface area contributed by atoms with E-state index in [-0.39, 0.29) is 5.78 Å². The highest BCUT2D eigenvalue weighted by molar-refractivity contribution is 5.95. The minimum Gasteiger partial charge on any atom is -0.496 e. The van der Waals surface area contributed by atoms with Crippen LogP contribution in [0.1, 0.15) is 22.8 Å². The van der Waals surface area contributed by atoms with Gasteiger partial charge in [-0.3, -0.25) is 4.79 Å². The average molecular weight is 179 g/mol. The van der Waals surface area contributed by atoms with E-state index >= 15 is 0 Å². The van der Waals surface area contributed by atoms with E-state index in [0.29, 0.717) is 17.0 Å². The molecule has 0 unspecified atom stereocenters. The summed E-state index contributed by atoms with van der Waals surface area (Å²) in [6.07, 6.45) is 0. The van der Waals surface area contributed by atoms with Crippen molar-refractivity contribution in [3.05, 3.63) is 23.3 Å². The van der Waals surface area contributed by atoms with Crippen molar-refractivity contribution in [2.24, 2.45) is 0 Å². The van der Waals surface area contributed by atoms with Gasteiger partial charge in [0.15, 0.2) is 5.78 Å². The first-order chi connectivity index (χ1) is 6.06. The Bertz CT molecular complexity index is 345. The van der Waals surface area contributed by atoms with Gasteiger partial charge in [0.05, 0.1) is 7.11 Å². The lowest BCUT2D eigenvalue weighted by molar-refractivity contribution is 0.101. The zero-order valence-corrected chi connectivity index (χ0v) is 8.05. The van der Waals surface area contributed by atoms with Crippen molar-refractivity contribution < 1.29 is 9.53 Å². The molecule has 0 spiro atoms. The van der Waals surface area contributed by atoms with E-state index in [1.165, 1.54) is 6.92 Å². The molecule has 0 aliphatic carbocycles. The predicted molar refractivity (Wildman–Crippen MR) is 52.1 cm³/mol. The van der Waals surface area contributed by atoms with Crippen molar-refractivity contribution in [1.29, 1.82) is 0 Å². The number of ether oxygens (including phenoxy) is 1. The Hall–Kier alpha value is -1.51. The number of nitrogen functional groups attached to an aromatic ring is 1. The maximum atomic E-state index is 11.1.